The molecule has 0 unspecified atom stereocenters. The normalized spacial score (nSPS) is 21.5. The van der Waals surface area contributed by atoms with Crippen molar-refractivity contribution in [3.8, 4) is 0 Å². The molecule has 2 N–H and O–H groups in total. The molecule has 3 aromatic carbocycles. The molecule has 3 aromatic rings. The summed E-state index contributed by atoms with van der Waals surface area (Å²) in [4.78, 5) is 0.246. The summed E-state index contributed by atoms with van der Waals surface area (Å²) >= 11 is 0. The molecular formula is C26H25FN2O2S. The van der Waals surface area contributed by atoms with Crippen LogP contribution in [0.3, 0.4) is 0 Å². The lowest BCUT2D eigenvalue weighted by Gasteiger charge is -2.37. The highest BCUT2D eigenvalue weighted by Gasteiger charge is 2.38. The van der Waals surface area contributed by atoms with Gasteiger partial charge in [0.2, 0.25) is 0 Å². The fraction of sp³-hybridized carbons (Fsp3) is 0.231. The van der Waals surface area contributed by atoms with Gasteiger partial charge in [-0.25, -0.2) is 12.8 Å². The standard InChI is InChI=1S/C26H25FN2O2S/c1-16-6-11-20(14-17(16)2)29-32(30,31)21-12-13-25-24(15-21)22-4-3-5-23(22)26(28-25)18-7-9-19(27)10-8-18/h3-4,6-15,22-23,26,28-29H,5H2,1-2H3/t22-,23-,26-/m1/s1. The van der Waals surface area contributed by atoms with Crippen molar-refractivity contribution in [2.24, 2.45) is 5.92 Å². The van der Waals surface area contributed by atoms with E-state index in [0.29, 0.717) is 5.69 Å². The largest absolute Gasteiger partial charge is 0.378 e. The van der Waals surface area contributed by atoms with Crippen molar-refractivity contribution in [3.05, 3.63) is 101 Å². The highest BCUT2D eigenvalue weighted by Crippen LogP contribution is 2.50. The summed E-state index contributed by atoms with van der Waals surface area (Å²) in [5.41, 5.74) is 5.62. The van der Waals surface area contributed by atoms with Gasteiger partial charge in [-0.3, -0.25) is 4.72 Å². The number of sulfonamides is 1. The van der Waals surface area contributed by atoms with Gasteiger partial charge in [0, 0.05) is 17.3 Å². The zero-order chi connectivity index (χ0) is 22.5. The third-order valence-electron chi connectivity index (χ3n) is 6.63. The molecule has 0 bridgehead atoms. The summed E-state index contributed by atoms with van der Waals surface area (Å²) in [5, 5.41) is 3.57. The molecule has 2 aliphatic rings. The monoisotopic (exact) mass is 448 g/mol. The Bertz CT molecular complexity index is 1320. The molecule has 5 rings (SSSR count). The number of rotatable bonds is 4. The molecule has 0 saturated carbocycles. The molecule has 0 radical (unpaired) electrons. The van der Waals surface area contributed by atoms with Crippen LogP contribution in [0.1, 0.15) is 40.6 Å². The molecule has 164 valence electrons. The minimum atomic E-state index is -3.72. The number of anilines is 2. The van der Waals surface area contributed by atoms with E-state index in [1.165, 1.54) is 12.1 Å². The summed E-state index contributed by atoms with van der Waals surface area (Å²) in [6.45, 7) is 3.96. The summed E-state index contributed by atoms with van der Waals surface area (Å²) < 4.78 is 42.3. The average molecular weight is 449 g/mol. The lowest BCUT2D eigenvalue weighted by molar-refractivity contribution is 0.424. The van der Waals surface area contributed by atoms with E-state index < -0.39 is 10.0 Å². The lowest BCUT2D eigenvalue weighted by atomic mass is 9.77. The molecule has 0 amide bonds. The van der Waals surface area contributed by atoms with Gasteiger partial charge in [0.25, 0.3) is 10.0 Å². The fourth-order valence-corrected chi connectivity index (χ4v) is 5.84. The van der Waals surface area contributed by atoms with Crippen molar-refractivity contribution in [1.82, 2.24) is 0 Å². The summed E-state index contributed by atoms with van der Waals surface area (Å²) in [6.07, 6.45) is 5.20. The molecule has 0 fully saturated rings. The maximum Gasteiger partial charge on any atom is 0.261 e. The van der Waals surface area contributed by atoms with Gasteiger partial charge in [-0.2, -0.15) is 0 Å². The third-order valence-corrected chi connectivity index (χ3v) is 8.01. The molecular weight excluding hydrogens is 423 g/mol. The second kappa shape index (κ2) is 7.78. The third kappa shape index (κ3) is 3.69. The molecule has 1 aliphatic heterocycles. The maximum absolute atomic E-state index is 13.4. The molecule has 0 saturated heterocycles. The van der Waals surface area contributed by atoms with Crippen LogP contribution in [-0.2, 0) is 10.0 Å². The smallest absolute Gasteiger partial charge is 0.261 e. The quantitative estimate of drug-likeness (QED) is 0.476. The van der Waals surface area contributed by atoms with Crippen LogP contribution in [0.2, 0.25) is 0 Å². The van der Waals surface area contributed by atoms with Gasteiger partial charge >= 0.3 is 0 Å². The number of allylic oxidation sites excluding steroid dienone is 2. The Labute approximate surface area is 188 Å². The van der Waals surface area contributed by atoms with Gasteiger partial charge in [0.15, 0.2) is 0 Å². The Morgan fingerprint density at radius 3 is 2.50 bits per heavy atom. The summed E-state index contributed by atoms with van der Waals surface area (Å²) in [7, 11) is -3.72. The van der Waals surface area contributed by atoms with E-state index in [4.69, 9.17) is 0 Å². The van der Waals surface area contributed by atoms with Crippen molar-refractivity contribution in [1.29, 1.82) is 0 Å². The molecule has 4 nitrogen and oxygen atoms in total. The number of aryl methyl sites for hydroxylation is 2. The first-order valence-electron chi connectivity index (χ1n) is 10.7. The Hall–Kier alpha value is -3.12. The lowest BCUT2D eigenvalue weighted by Crippen LogP contribution is -2.29. The van der Waals surface area contributed by atoms with Crippen LogP contribution in [0, 0.1) is 25.6 Å². The zero-order valence-corrected chi connectivity index (χ0v) is 18.8. The number of nitrogens with one attached hydrogen (secondary N) is 2. The van der Waals surface area contributed by atoms with E-state index in [1.54, 1.807) is 18.2 Å². The Balaban J connectivity index is 1.48. The van der Waals surface area contributed by atoms with Gasteiger partial charge < -0.3 is 5.32 Å². The van der Waals surface area contributed by atoms with E-state index in [0.717, 1.165) is 34.4 Å². The summed E-state index contributed by atoms with van der Waals surface area (Å²) in [6, 6.07) is 17.4. The van der Waals surface area contributed by atoms with Crippen LogP contribution in [0.4, 0.5) is 15.8 Å². The van der Waals surface area contributed by atoms with Crippen LogP contribution < -0.4 is 10.0 Å². The molecule has 3 atom stereocenters. The number of hydrogen-bond acceptors (Lipinski definition) is 3. The molecule has 1 heterocycles. The van der Waals surface area contributed by atoms with Gasteiger partial charge in [-0.15, -0.1) is 0 Å². The molecule has 0 aromatic heterocycles. The first kappa shape index (κ1) is 20.8. The van der Waals surface area contributed by atoms with Gasteiger partial charge in [0.1, 0.15) is 5.82 Å². The number of hydrogen-bond donors (Lipinski definition) is 2. The Kier molecular flexibility index (Phi) is 5.05. The van der Waals surface area contributed by atoms with Gasteiger partial charge in [-0.1, -0.05) is 30.4 Å². The van der Waals surface area contributed by atoms with Crippen molar-refractivity contribution < 1.29 is 12.8 Å². The van der Waals surface area contributed by atoms with Crippen molar-refractivity contribution in [2.75, 3.05) is 10.0 Å². The second-order valence-corrected chi connectivity index (χ2v) is 10.4. The highest BCUT2D eigenvalue weighted by atomic mass is 32.2. The number of fused-ring (bicyclic) bond motifs is 3. The predicted molar refractivity (Wildman–Crippen MR) is 126 cm³/mol. The number of benzene rings is 3. The van der Waals surface area contributed by atoms with Crippen LogP contribution in [0.25, 0.3) is 0 Å². The Morgan fingerprint density at radius 2 is 1.75 bits per heavy atom. The number of halogens is 1. The topological polar surface area (TPSA) is 58.2 Å². The molecule has 32 heavy (non-hydrogen) atoms. The first-order chi connectivity index (χ1) is 15.3. The predicted octanol–water partition coefficient (Wildman–Crippen LogP) is 6.07. The van der Waals surface area contributed by atoms with Crippen molar-refractivity contribution in [3.63, 3.8) is 0 Å². The van der Waals surface area contributed by atoms with E-state index in [2.05, 4.69) is 22.2 Å². The van der Waals surface area contributed by atoms with E-state index in [9.17, 15) is 12.8 Å². The first-order valence-corrected chi connectivity index (χ1v) is 12.2. The SMILES string of the molecule is Cc1ccc(NS(=O)(=O)c2ccc3c(c2)[C@@H]2C=CC[C@H]2[C@@H](c2ccc(F)cc2)N3)cc1C. The van der Waals surface area contributed by atoms with Crippen LogP contribution in [-0.4, -0.2) is 8.42 Å². The minimum Gasteiger partial charge on any atom is -0.378 e. The van der Waals surface area contributed by atoms with Crippen molar-refractivity contribution >= 4 is 21.4 Å². The Morgan fingerprint density at radius 1 is 0.969 bits per heavy atom. The van der Waals surface area contributed by atoms with E-state index in [-0.39, 0.29) is 28.6 Å². The fourth-order valence-electron chi connectivity index (χ4n) is 4.76. The van der Waals surface area contributed by atoms with E-state index in [1.807, 2.05) is 44.2 Å². The molecule has 1 aliphatic carbocycles. The highest BCUT2D eigenvalue weighted by molar-refractivity contribution is 7.92. The van der Waals surface area contributed by atoms with Gasteiger partial charge in [0.05, 0.1) is 10.9 Å². The van der Waals surface area contributed by atoms with Gasteiger partial charge in [-0.05, 0) is 90.9 Å². The average Bonchev–Trinajstić information content (AvgIpc) is 3.26. The summed E-state index contributed by atoms with van der Waals surface area (Å²) in [5.74, 6) is 0.105. The maximum atomic E-state index is 13.4. The molecule has 0 spiro atoms. The second-order valence-electron chi connectivity index (χ2n) is 8.68. The molecule has 6 heteroatoms. The van der Waals surface area contributed by atoms with E-state index >= 15 is 0 Å². The zero-order valence-electron chi connectivity index (χ0n) is 18.0. The van der Waals surface area contributed by atoms with Crippen LogP contribution in [0.15, 0.2) is 77.7 Å². The van der Waals surface area contributed by atoms with Crippen LogP contribution >= 0.6 is 0 Å². The van der Waals surface area contributed by atoms with Crippen LogP contribution in [0.5, 0.6) is 0 Å². The minimum absolute atomic E-state index is 0.0409. The van der Waals surface area contributed by atoms with Crippen molar-refractivity contribution in [2.45, 2.75) is 37.1 Å².